The van der Waals surface area contributed by atoms with Crippen molar-refractivity contribution in [3.8, 4) is 0 Å². The van der Waals surface area contributed by atoms with Gasteiger partial charge in [0.1, 0.15) is 0 Å². The van der Waals surface area contributed by atoms with E-state index in [1.165, 1.54) is 0 Å². The van der Waals surface area contributed by atoms with Gasteiger partial charge >= 0.3 is 0 Å². The van der Waals surface area contributed by atoms with Gasteiger partial charge in [0, 0.05) is 16.8 Å². The minimum Gasteiger partial charge on any atom is -0.396 e. The van der Waals surface area contributed by atoms with Crippen LogP contribution in [0.4, 0.5) is 11.4 Å². The summed E-state index contributed by atoms with van der Waals surface area (Å²) in [5.74, 6) is 0. The normalized spacial score (nSPS) is 10.3. The van der Waals surface area contributed by atoms with Crippen molar-refractivity contribution in [2.75, 3.05) is 11.1 Å². The molecule has 1 aromatic heterocycles. The Hall–Kier alpha value is -0.700. The molecule has 0 atom stereocenters. The zero-order valence-electron chi connectivity index (χ0n) is 6.22. The fraction of sp³-hybridized carbons (Fsp3) is 0.429. The Kier molecular flexibility index (Phi) is 2.17. The minimum absolute atomic E-state index is 0.455. The lowest BCUT2D eigenvalue weighted by molar-refractivity contribution is 0.901. The Balaban J connectivity index is 2.65. The van der Waals surface area contributed by atoms with Crippen molar-refractivity contribution in [1.82, 2.24) is 0 Å². The third-order valence-corrected chi connectivity index (χ3v) is 1.90. The molecule has 0 amide bonds. The second-order valence-corrected chi connectivity index (χ2v) is 3.28. The van der Waals surface area contributed by atoms with Crippen molar-refractivity contribution in [3.05, 3.63) is 10.8 Å². The van der Waals surface area contributed by atoms with Gasteiger partial charge in [-0.3, -0.25) is 0 Å². The number of nitrogens with two attached hydrogens (primary N) is 1. The first-order valence-corrected chi connectivity index (χ1v) is 4.22. The Morgan fingerprint density at radius 1 is 1.50 bits per heavy atom. The van der Waals surface area contributed by atoms with Crippen LogP contribution >= 0.6 is 11.3 Å². The average molecular weight is 156 g/mol. The molecular weight excluding hydrogens is 144 g/mol. The van der Waals surface area contributed by atoms with Crippen molar-refractivity contribution in [1.29, 1.82) is 0 Å². The fourth-order valence-electron chi connectivity index (χ4n) is 0.735. The second-order valence-electron chi connectivity index (χ2n) is 2.54. The topological polar surface area (TPSA) is 38.0 Å². The number of hydrogen-bond acceptors (Lipinski definition) is 3. The summed E-state index contributed by atoms with van der Waals surface area (Å²) in [4.78, 5) is 0. The molecule has 0 fully saturated rings. The summed E-state index contributed by atoms with van der Waals surface area (Å²) < 4.78 is 0. The largest absolute Gasteiger partial charge is 0.396 e. The Bertz CT molecular complexity index is 205. The van der Waals surface area contributed by atoms with E-state index in [0.29, 0.717) is 6.04 Å². The van der Waals surface area contributed by atoms with Crippen LogP contribution in [0.1, 0.15) is 13.8 Å². The van der Waals surface area contributed by atoms with E-state index in [1.807, 2.05) is 10.8 Å². The number of anilines is 2. The lowest BCUT2D eigenvalue weighted by Crippen LogP contribution is -2.09. The molecule has 0 radical (unpaired) electrons. The number of nitrogen functional groups attached to an aromatic ring is 1. The van der Waals surface area contributed by atoms with Gasteiger partial charge in [0.15, 0.2) is 0 Å². The quantitative estimate of drug-likeness (QED) is 0.688. The van der Waals surface area contributed by atoms with Crippen molar-refractivity contribution in [3.63, 3.8) is 0 Å². The van der Waals surface area contributed by atoms with E-state index in [4.69, 9.17) is 5.73 Å². The molecule has 0 aromatic carbocycles. The fourth-order valence-corrected chi connectivity index (χ4v) is 1.42. The Morgan fingerprint density at radius 2 is 2.20 bits per heavy atom. The molecule has 10 heavy (non-hydrogen) atoms. The van der Waals surface area contributed by atoms with Gasteiger partial charge in [-0.15, -0.1) is 11.3 Å². The molecule has 0 saturated carbocycles. The van der Waals surface area contributed by atoms with E-state index in [9.17, 15) is 0 Å². The number of thiophene rings is 1. The van der Waals surface area contributed by atoms with Gasteiger partial charge in [-0.25, -0.2) is 0 Å². The van der Waals surface area contributed by atoms with Crippen molar-refractivity contribution >= 4 is 22.7 Å². The first-order valence-electron chi connectivity index (χ1n) is 3.28. The van der Waals surface area contributed by atoms with E-state index >= 15 is 0 Å². The predicted octanol–water partition coefficient (Wildman–Crippen LogP) is 2.15. The summed E-state index contributed by atoms with van der Waals surface area (Å²) in [5.41, 5.74) is 7.54. The Morgan fingerprint density at radius 3 is 2.60 bits per heavy atom. The van der Waals surface area contributed by atoms with Crippen LogP contribution in [0.3, 0.4) is 0 Å². The maximum atomic E-state index is 5.64. The Labute approximate surface area is 65.1 Å². The van der Waals surface area contributed by atoms with Crippen molar-refractivity contribution in [2.45, 2.75) is 19.9 Å². The molecule has 1 aromatic rings. The molecule has 56 valence electrons. The molecule has 3 heteroatoms. The first-order chi connectivity index (χ1) is 4.70. The van der Waals surface area contributed by atoms with Gasteiger partial charge in [-0.05, 0) is 13.8 Å². The highest BCUT2D eigenvalue weighted by molar-refractivity contribution is 7.08. The molecule has 3 N–H and O–H groups in total. The van der Waals surface area contributed by atoms with Crippen molar-refractivity contribution < 1.29 is 0 Å². The standard InChI is InChI=1S/C7H12N2S/c1-5(2)9-7-4-10-3-6(7)8/h3-5,9H,8H2,1-2H3. The smallest absolute Gasteiger partial charge is 0.0684 e. The van der Waals surface area contributed by atoms with Crippen molar-refractivity contribution in [2.24, 2.45) is 0 Å². The average Bonchev–Trinajstić information content (AvgIpc) is 2.15. The summed E-state index contributed by atoms with van der Waals surface area (Å²) in [6.45, 7) is 4.19. The maximum absolute atomic E-state index is 5.64. The lowest BCUT2D eigenvalue weighted by Gasteiger charge is -2.07. The number of nitrogens with one attached hydrogen (secondary N) is 1. The van der Waals surface area contributed by atoms with Crippen LogP contribution in [0.25, 0.3) is 0 Å². The zero-order chi connectivity index (χ0) is 7.56. The molecule has 2 nitrogen and oxygen atoms in total. The highest BCUT2D eigenvalue weighted by atomic mass is 32.1. The van der Waals surface area contributed by atoms with Gasteiger partial charge in [-0.2, -0.15) is 0 Å². The zero-order valence-corrected chi connectivity index (χ0v) is 7.03. The molecule has 0 saturated heterocycles. The molecule has 0 aliphatic carbocycles. The summed E-state index contributed by atoms with van der Waals surface area (Å²) in [7, 11) is 0. The maximum Gasteiger partial charge on any atom is 0.0684 e. The highest BCUT2D eigenvalue weighted by Gasteiger charge is 1.99. The van der Waals surface area contributed by atoms with Crippen LogP contribution in [0.5, 0.6) is 0 Å². The van der Waals surface area contributed by atoms with Gasteiger partial charge in [0.2, 0.25) is 0 Å². The number of hydrogen-bond donors (Lipinski definition) is 2. The third kappa shape index (κ3) is 1.64. The van der Waals surface area contributed by atoms with Gasteiger partial charge < -0.3 is 11.1 Å². The second kappa shape index (κ2) is 2.92. The van der Waals surface area contributed by atoms with Crippen LogP contribution in [0, 0.1) is 0 Å². The number of rotatable bonds is 2. The van der Waals surface area contributed by atoms with E-state index < -0.39 is 0 Å². The minimum atomic E-state index is 0.455. The van der Waals surface area contributed by atoms with E-state index in [-0.39, 0.29) is 0 Å². The van der Waals surface area contributed by atoms with Crippen LogP contribution < -0.4 is 11.1 Å². The molecule has 0 aliphatic rings. The third-order valence-electron chi connectivity index (χ3n) is 1.14. The molecule has 0 unspecified atom stereocenters. The SMILES string of the molecule is CC(C)Nc1cscc1N. The monoisotopic (exact) mass is 156 g/mol. The van der Waals surface area contributed by atoms with Crippen LogP contribution in [-0.2, 0) is 0 Å². The molecular formula is C7H12N2S. The summed E-state index contributed by atoms with van der Waals surface area (Å²) in [6, 6.07) is 0.455. The molecule has 1 heterocycles. The molecule has 1 rings (SSSR count). The predicted molar refractivity (Wildman–Crippen MR) is 47.5 cm³/mol. The van der Waals surface area contributed by atoms with Gasteiger partial charge in [-0.1, -0.05) is 0 Å². The summed E-state index contributed by atoms with van der Waals surface area (Å²) in [6.07, 6.45) is 0. The van der Waals surface area contributed by atoms with E-state index in [1.54, 1.807) is 11.3 Å². The van der Waals surface area contributed by atoms with Crippen LogP contribution in [-0.4, -0.2) is 6.04 Å². The van der Waals surface area contributed by atoms with Crippen LogP contribution in [0.2, 0.25) is 0 Å². The molecule has 0 aliphatic heterocycles. The molecule has 0 spiro atoms. The van der Waals surface area contributed by atoms with Gasteiger partial charge in [0.25, 0.3) is 0 Å². The van der Waals surface area contributed by atoms with E-state index in [2.05, 4.69) is 19.2 Å². The first kappa shape index (κ1) is 7.41. The summed E-state index contributed by atoms with van der Waals surface area (Å²) >= 11 is 1.62. The summed E-state index contributed by atoms with van der Waals surface area (Å²) in [5, 5.41) is 7.20. The van der Waals surface area contributed by atoms with E-state index in [0.717, 1.165) is 11.4 Å². The van der Waals surface area contributed by atoms with Crippen LogP contribution in [0.15, 0.2) is 10.8 Å². The lowest BCUT2D eigenvalue weighted by atomic mass is 10.3. The van der Waals surface area contributed by atoms with Gasteiger partial charge in [0.05, 0.1) is 11.4 Å². The molecule has 0 bridgehead atoms. The highest BCUT2D eigenvalue weighted by Crippen LogP contribution is 2.23.